The van der Waals surface area contributed by atoms with Gasteiger partial charge in [0.1, 0.15) is 0 Å². The lowest BCUT2D eigenvalue weighted by Crippen LogP contribution is -2.17. The molecule has 0 saturated carbocycles. The highest BCUT2D eigenvalue weighted by molar-refractivity contribution is 5.92. The number of aromatic nitrogens is 1. The van der Waals surface area contributed by atoms with Crippen LogP contribution in [0.25, 0.3) is 0 Å². The normalized spacial score (nSPS) is 12.5. The topological polar surface area (TPSA) is 102 Å². The van der Waals surface area contributed by atoms with Crippen molar-refractivity contribution in [2.75, 3.05) is 6.61 Å². The van der Waals surface area contributed by atoms with Gasteiger partial charge in [-0.1, -0.05) is 0 Å². The third-order valence-electron chi connectivity index (χ3n) is 1.67. The van der Waals surface area contributed by atoms with Gasteiger partial charge in [0, 0.05) is 12.4 Å². The number of aliphatic hydroxyl groups excluding tert-OH is 1. The van der Waals surface area contributed by atoms with Gasteiger partial charge in [-0.05, 0) is 11.6 Å². The van der Waals surface area contributed by atoms with Crippen molar-refractivity contribution in [2.45, 2.75) is 6.04 Å². The molecule has 5 heteroatoms. The van der Waals surface area contributed by atoms with E-state index in [2.05, 4.69) is 4.98 Å². The minimum Gasteiger partial charge on any atom is -0.394 e. The minimum absolute atomic E-state index is 0.191. The predicted octanol–water partition coefficient (Wildman–Crippen LogP) is -0.827. The van der Waals surface area contributed by atoms with E-state index < -0.39 is 11.9 Å². The second-order valence-corrected chi connectivity index (χ2v) is 2.66. The van der Waals surface area contributed by atoms with Crippen molar-refractivity contribution >= 4 is 5.91 Å². The summed E-state index contributed by atoms with van der Waals surface area (Å²) in [5.74, 6) is -0.556. The van der Waals surface area contributed by atoms with E-state index in [4.69, 9.17) is 16.6 Å². The molecule has 70 valence electrons. The average Bonchev–Trinajstić information content (AvgIpc) is 2.17. The summed E-state index contributed by atoms with van der Waals surface area (Å²) in [5, 5.41) is 8.75. The second kappa shape index (κ2) is 3.97. The number of nitrogens with zero attached hydrogens (tertiary/aromatic N) is 1. The average molecular weight is 181 g/mol. The Balaban J connectivity index is 2.98. The first-order valence-corrected chi connectivity index (χ1v) is 3.76. The summed E-state index contributed by atoms with van der Waals surface area (Å²) in [4.78, 5) is 14.5. The number of rotatable bonds is 3. The molecular formula is C8H11N3O2. The van der Waals surface area contributed by atoms with Crippen molar-refractivity contribution in [3.05, 3.63) is 29.6 Å². The van der Waals surface area contributed by atoms with Crippen LogP contribution in [0.1, 0.15) is 22.0 Å². The fourth-order valence-electron chi connectivity index (χ4n) is 0.901. The van der Waals surface area contributed by atoms with Crippen LogP contribution >= 0.6 is 0 Å². The maximum absolute atomic E-state index is 10.7. The molecule has 1 aromatic rings. The first-order chi connectivity index (χ1) is 6.15. The summed E-state index contributed by atoms with van der Waals surface area (Å²) in [6, 6.07) is 1.00. The van der Waals surface area contributed by atoms with E-state index in [1.807, 2.05) is 0 Å². The third kappa shape index (κ3) is 2.24. The molecule has 5 nitrogen and oxygen atoms in total. The van der Waals surface area contributed by atoms with Gasteiger partial charge in [-0.3, -0.25) is 9.78 Å². The number of carbonyl (C=O) groups excluding carboxylic acids is 1. The molecule has 1 aromatic heterocycles. The number of hydrogen-bond donors (Lipinski definition) is 3. The van der Waals surface area contributed by atoms with Crippen LogP contribution in [0.4, 0.5) is 0 Å². The smallest absolute Gasteiger partial charge is 0.250 e. The third-order valence-corrected chi connectivity index (χ3v) is 1.67. The first kappa shape index (κ1) is 9.63. The SMILES string of the molecule is NC(=O)c1cncc([C@@H](N)CO)c1. The summed E-state index contributed by atoms with van der Waals surface area (Å²) in [6.07, 6.45) is 2.85. The summed E-state index contributed by atoms with van der Waals surface area (Å²) >= 11 is 0. The Hall–Kier alpha value is -1.46. The number of aliphatic hydroxyl groups is 1. The first-order valence-electron chi connectivity index (χ1n) is 3.76. The molecule has 0 aromatic carbocycles. The Morgan fingerprint density at radius 1 is 1.62 bits per heavy atom. The molecule has 0 unspecified atom stereocenters. The summed E-state index contributed by atoms with van der Waals surface area (Å²) < 4.78 is 0. The Morgan fingerprint density at radius 2 is 2.31 bits per heavy atom. The van der Waals surface area contributed by atoms with Gasteiger partial charge in [0.05, 0.1) is 18.2 Å². The van der Waals surface area contributed by atoms with Gasteiger partial charge in [0.25, 0.3) is 0 Å². The number of nitrogens with two attached hydrogens (primary N) is 2. The van der Waals surface area contributed by atoms with E-state index in [0.717, 1.165) is 0 Å². The van der Waals surface area contributed by atoms with Crippen molar-refractivity contribution in [1.29, 1.82) is 0 Å². The Bertz CT molecular complexity index is 314. The van der Waals surface area contributed by atoms with Gasteiger partial charge in [0.15, 0.2) is 0 Å². The molecule has 13 heavy (non-hydrogen) atoms. The van der Waals surface area contributed by atoms with Crippen LogP contribution < -0.4 is 11.5 Å². The van der Waals surface area contributed by atoms with E-state index in [1.165, 1.54) is 18.5 Å². The lowest BCUT2D eigenvalue weighted by molar-refractivity contribution is 0.0999. The van der Waals surface area contributed by atoms with E-state index in [0.29, 0.717) is 11.1 Å². The fourth-order valence-corrected chi connectivity index (χ4v) is 0.901. The summed E-state index contributed by atoms with van der Waals surface area (Å²) in [6.45, 7) is -0.191. The van der Waals surface area contributed by atoms with Gasteiger partial charge in [0.2, 0.25) is 5.91 Å². The number of amides is 1. The standard InChI is InChI=1S/C8H11N3O2/c9-7(4-12)5-1-6(8(10)13)3-11-2-5/h1-3,7,12H,4,9H2,(H2,10,13)/t7-/m0/s1. The zero-order chi connectivity index (χ0) is 9.84. The van der Waals surface area contributed by atoms with Crippen molar-refractivity contribution < 1.29 is 9.90 Å². The van der Waals surface area contributed by atoms with E-state index in [9.17, 15) is 4.79 Å². The quantitative estimate of drug-likeness (QED) is 0.566. The van der Waals surface area contributed by atoms with Gasteiger partial charge in [-0.25, -0.2) is 0 Å². The molecule has 1 rings (SSSR count). The highest BCUT2D eigenvalue weighted by atomic mass is 16.3. The van der Waals surface area contributed by atoms with Gasteiger partial charge in [-0.15, -0.1) is 0 Å². The number of hydrogen-bond acceptors (Lipinski definition) is 4. The number of carbonyl (C=O) groups is 1. The largest absolute Gasteiger partial charge is 0.394 e. The molecule has 0 bridgehead atoms. The van der Waals surface area contributed by atoms with Gasteiger partial charge < -0.3 is 16.6 Å². The molecule has 5 N–H and O–H groups in total. The van der Waals surface area contributed by atoms with Gasteiger partial charge >= 0.3 is 0 Å². The minimum atomic E-state index is -0.556. The molecule has 0 aliphatic heterocycles. The molecule has 0 fully saturated rings. The zero-order valence-electron chi connectivity index (χ0n) is 6.97. The monoisotopic (exact) mass is 181 g/mol. The fraction of sp³-hybridized carbons (Fsp3) is 0.250. The van der Waals surface area contributed by atoms with Crippen LogP contribution in [0.5, 0.6) is 0 Å². The second-order valence-electron chi connectivity index (χ2n) is 2.66. The van der Waals surface area contributed by atoms with Crippen molar-refractivity contribution in [1.82, 2.24) is 4.98 Å². The van der Waals surface area contributed by atoms with Crippen LogP contribution in [0, 0.1) is 0 Å². The lowest BCUT2D eigenvalue weighted by atomic mass is 10.1. The lowest BCUT2D eigenvalue weighted by Gasteiger charge is -2.07. The molecule has 0 aliphatic carbocycles. The van der Waals surface area contributed by atoms with Gasteiger partial charge in [-0.2, -0.15) is 0 Å². The highest BCUT2D eigenvalue weighted by Gasteiger charge is 2.07. The maximum atomic E-state index is 10.7. The molecule has 1 amide bonds. The van der Waals surface area contributed by atoms with Crippen LogP contribution in [0.2, 0.25) is 0 Å². The molecule has 1 atom stereocenters. The van der Waals surface area contributed by atoms with E-state index in [-0.39, 0.29) is 6.61 Å². The van der Waals surface area contributed by atoms with Crippen LogP contribution in [0.15, 0.2) is 18.5 Å². The van der Waals surface area contributed by atoms with Crippen molar-refractivity contribution in [3.8, 4) is 0 Å². The number of primary amides is 1. The molecule has 1 heterocycles. The van der Waals surface area contributed by atoms with Crippen LogP contribution in [-0.2, 0) is 0 Å². The van der Waals surface area contributed by atoms with Crippen LogP contribution in [0.3, 0.4) is 0 Å². The Labute approximate surface area is 75.4 Å². The molecule has 0 aliphatic rings. The Morgan fingerprint density at radius 3 is 2.85 bits per heavy atom. The summed E-state index contributed by atoms with van der Waals surface area (Å²) in [5.41, 5.74) is 11.5. The van der Waals surface area contributed by atoms with E-state index >= 15 is 0 Å². The predicted molar refractivity (Wildman–Crippen MR) is 46.8 cm³/mol. The number of pyridine rings is 1. The van der Waals surface area contributed by atoms with Crippen molar-refractivity contribution in [3.63, 3.8) is 0 Å². The molecule has 0 saturated heterocycles. The van der Waals surface area contributed by atoms with Crippen LogP contribution in [-0.4, -0.2) is 22.6 Å². The molecule has 0 spiro atoms. The highest BCUT2D eigenvalue weighted by Crippen LogP contribution is 2.09. The van der Waals surface area contributed by atoms with Crippen molar-refractivity contribution in [2.24, 2.45) is 11.5 Å². The Kier molecular flexibility index (Phi) is 2.94. The van der Waals surface area contributed by atoms with E-state index in [1.54, 1.807) is 0 Å². The molecule has 0 radical (unpaired) electrons. The molecular weight excluding hydrogens is 170 g/mol. The summed E-state index contributed by atoms with van der Waals surface area (Å²) in [7, 11) is 0. The maximum Gasteiger partial charge on any atom is 0.250 e. The zero-order valence-corrected chi connectivity index (χ0v) is 6.97.